The standard InChI is InChI=1S/C17H18F2O/c1-13-3-5-14(6-4-13)7-8-15-9-11-16(12-10-15)20-17(2,18)19/h3-6,9-12H,7-8H2,1-2H3. The third kappa shape index (κ3) is 4.65. The summed E-state index contributed by atoms with van der Waals surface area (Å²) < 4.78 is 29.9. The molecule has 0 saturated carbocycles. The quantitative estimate of drug-likeness (QED) is 0.764. The van der Waals surface area contributed by atoms with E-state index in [2.05, 4.69) is 35.9 Å². The van der Waals surface area contributed by atoms with Crippen LogP contribution in [0.4, 0.5) is 8.78 Å². The number of ether oxygens (including phenoxy) is 1. The molecule has 2 rings (SSSR count). The molecule has 0 amide bonds. The molecule has 0 heterocycles. The van der Waals surface area contributed by atoms with Gasteiger partial charge in [-0.25, -0.2) is 0 Å². The van der Waals surface area contributed by atoms with Crippen LogP contribution in [-0.2, 0) is 12.8 Å². The van der Waals surface area contributed by atoms with E-state index in [4.69, 9.17) is 0 Å². The topological polar surface area (TPSA) is 9.23 Å². The fourth-order valence-electron chi connectivity index (χ4n) is 1.97. The maximum atomic E-state index is 12.7. The molecule has 0 radical (unpaired) electrons. The van der Waals surface area contributed by atoms with Crippen LogP contribution in [0.3, 0.4) is 0 Å². The van der Waals surface area contributed by atoms with Crippen LogP contribution in [0, 0.1) is 6.92 Å². The van der Waals surface area contributed by atoms with Crippen molar-refractivity contribution >= 4 is 0 Å². The number of aryl methyl sites for hydroxylation is 3. The van der Waals surface area contributed by atoms with Crippen LogP contribution < -0.4 is 4.74 Å². The molecule has 1 nitrogen and oxygen atoms in total. The van der Waals surface area contributed by atoms with Crippen molar-refractivity contribution in [2.24, 2.45) is 0 Å². The summed E-state index contributed by atoms with van der Waals surface area (Å²) in [5.74, 6) is 0.191. The lowest BCUT2D eigenvalue weighted by Crippen LogP contribution is -2.18. The molecule has 3 heteroatoms. The van der Waals surface area contributed by atoms with Gasteiger partial charge in [-0.1, -0.05) is 42.0 Å². The normalized spacial score (nSPS) is 11.4. The number of hydrogen-bond donors (Lipinski definition) is 0. The van der Waals surface area contributed by atoms with Gasteiger partial charge < -0.3 is 4.74 Å². The molecule has 0 aromatic heterocycles. The first-order chi connectivity index (χ1) is 9.42. The van der Waals surface area contributed by atoms with E-state index >= 15 is 0 Å². The molecular formula is C17H18F2O. The fourth-order valence-corrected chi connectivity index (χ4v) is 1.97. The molecule has 2 aromatic rings. The lowest BCUT2D eigenvalue weighted by molar-refractivity contribution is -0.158. The Morgan fingerprint density at radius 3 is 1.75 bits per heavy atom. The minimum Gasteiger partial charge on any atom is -0.433 e. The highest BCUT2D eigenvalue weighted by Gasteiger charge is 2.22. The van der Waals surface area contributed by atoms with Crippen LogP contribution in [-0.4, -0.2) is 6.11 Å². The van der Waals surface area contributed by atoms with Gasteiger partial charge in [0, 0.05) is 6.92 Å². The number of rotatable bonds is 5. The van der Waals surface area contributed by atoms with E-state index in [1.54, 1.807) is 12.1 Å². The zero-order valence-corrected chi connectivity index (χ0v) is 11.7. The van der Waals surface area contributed by atoms with Crippen molar-refractivity contribution in [2.45, 2.75) is 32.8 Å². The minimum absolute atomic E-state index is 0.191. The average molecular weight is 276 g/mol. The predicted molar refractivity (Wildman–Crippen MR) is 76.3 cm³/mol. The summed E-state index contributed by atoms with van der Waals surface area (Å²) >= 11 is 0. The number of alkyl halides is 2. The van der Waals surface area contributed by atoms with Crippen molar-refractivity contribution in [1.29, 1.82) is 0 Å². The molecule has 0 spiro atoms. The first-order valence-electron chi connectivity index (χ1n) is 6.64. The number of halogens is 2. The summed E-state index contributed by atoms with van der Waals surface area (Å²) in [5.41, 5.74) is 3.63. The average Bonchev–Trinajstić information content (AvgIpc) is 2.38. The second-order valence-electron chi connectivity index (χ2n) is 5.04. The second-order valence-corrected chi connectivity index (χ2v) is 5.04. The molecule has 106 valence electrons. The van der Waals surface area contributed by atoms with Gasteiger partial charge in [0.1, 0.15) is 5.75 Å². The Labute approximate surface area is 118 Å². The van der Waals surface area contributed by atoms with E-state index in [-0.39, 0.29) is 5.75 Å². The first-order valence-corrected chi connectivity index (χ1v) is 6.64. The summed E-state index contributed by atoms with van der Waals surface area (Å²) in [5, 5.41) is 0. The summed E-state index contributed by atoms with van der Waals surface area (Å²) in [6.07, 6.45) is -1.32. The summed E-state index contributed by atoms with van der Waals surface area (Å²) in [4.78, 5) is 0. The van der Waals surface area contributed by atoms with Crippen LogP contribution in [0.25, 0.3) is 0 Å². The van der Waals surface area contributed by atoms with Crippen LogP contribution in [0.2, 0.25) is 0 Å². The number of hydrogen-bond acceptors (Lipinski definition) is 1. The van der Waals surface area contributed by atoms with Crippen LogP contribution >= 0.6 is 0 Å². The van der Waals surface area contributed by atoms with Gasteiger partial charge >= 0.3 is 6.11 Å². The highest BCUT2D eigenvalue weighted by molar-refractivity contribution is 5.29. The maximum Gasteiger partial charge on any atom is 0.394 e. The van der Waals surface area contributed by atoms with Crippen LogP contribution in [0.15, 0.2) is 48.5 Å². The van der Waals surface area contributed by atoms with E-state index < -0.39 is 6.11 Å². The van der Waals surface area contributed by atoms with E-state index in [0.717, 1.165) is 25.3 Å². The molecular weight excluding hydrogens is 258 g/mol. The monoisotopic (exact) mass is 276 g/mol. The zero-order chi connectivity index (χ0) is 14.6. The largest absolute Gasteiger partial charge is 0.433 e. The molecule has 20 heavy (non-hydrogen) atoms. The van der Waals surface area contributed by atoms with Gasteiger partial charge in [-0.3, -0.25) is 0 Å². The summed E-state index contributed by atoms with van der Waals surface area (Å²) in [7, 11) is 0. The highest BCUT2D eigenvalue weighted by Crippen LogP contribution is 2.21. The Kier molecular flexibility index (Phi) is 4.38. The van der Waals surface area contributed by atoms with Crippen molar-refractivity contribution in [2.75, 3.05) is 0 Å². The molecule has 0 aliphatic heterocycles. The van der Waals surface area contributed by atoms with E-state index in [0.29, 0.717) is 0 Å². The molecule has 0 unspecified atom stereocenters. The Bertz CT molecular complexity index is 539. The van der Waals surface area contributed by atoms with Crippen LogP contribution in [0.1, 0.15) is 23.6 Å². The maximum absolute atomic E-state index is 12.7. The van der Waals surface area contributed by atoms with Gasteiger partial charge in [0.15, 0.2) is 0 Å². The SMILES string of the molecule is Cc1ccc(CCc2ccc(OC(C)(F)F)cc2)cc1. The van der Waals surface area contributed by atoms with Gasteiger partial charge in [0.25, 0.3) is 0 Å². The van der Waals surface area contributed by atoms with E-state index in [9.17, 15) is 8.78 Å². The second kappa shape index (κ2) is 6.04. The first kappa shape index (κ1) is 14.5. The molecule has 0 N–H and O–H groups in total. The van der Waals surface area contributed by atoms with Crippen molar-refractivity contribution in [3.05, 3.63) is 65.2 Å². The molecule has 0 bridgehead atoms. The van der Waals surface area contributed by atoms with Gasteiger partial charge in [0.2, 0.25) is 0 Å². The molecule has 0 aliphatic carbocycles. The third-order valence-corrected chi connectivity index (χ3v) is 3.04. The smallest absolute Gasteiger partial charge is 0.394 e. The molecule has 0 atom stereocenters. The van der Waals surface area contributed by atoms with Gasteiger partial charge in [-0.2, -0.15) is 8.78 Å². The van der Waals surface area contributed by atoms with Crippen molar-refractivity contribution < 1.29 is 13.5 Å². The van der Waals surface area contributed by atoms with E-state index in [1.165, 1.54) is 11.1 Å². The Morgan fingerprint density at radius 2 is 1.30 bits per heavy atom. The van der Waals surface area contributed by atoms with Crippen molar-refractivity contribution in [3.63, 3.8) is 0 Å². The molecule has 0 saturated heterocycles. The third-order valence-electron chi connectivity index (χ3n) is 3.04. The molecule has 2 aromatic carbocycles. The predicted octanol–water partition coefficient (Wildman–Crippen LogP) is 4.77. The minimum atomic E-state index is -3.14. The molecule has 0 aliphatic rings. The number of benzene rings is 2. The summed E-state index contributed by atoms with van der Waals surface area (Å²) in [6.45, 7) is 2.80. The van der Waals surface area contributed by atoms with Crippen molar-refractivity contribution in [3.8, 4) is 5.75 Å². The van der Waals surface area contributed by atoms with Gasteiger partial charge in [-0.05, 0) is 43.0 Å². The lowest BCUT2D eigenvalue weighted by Gasteiger charge is -2.13. The highest BCUT2D eigenvalue weighted by atomic mass is 19.3. The van der Waals surface area contributed by atoms with Gasteiger partial charge in [0.05, 0.1) is 0 Å². The van der Waals surface area contributed by atoms with Crippen molar-refractivity contribution in [1.82, 2.24) is 0 Å². The lowest BCUT2D eigenvalue weighted by atomic mass is 10.0. The van der Waals surface area contributed by atoms with Crippen LogP contribution in [0.5, 0.6) is 5.75 Å². The fraction of sp³-hybridized carbons (Fsp3) is 0.294. The Hall–Kier alpha value is -1.90. The Balaban J connectivity index is 1.92. The van der Waals surface area contributed by atoms with E-state index in [1.807, 2.05) is 12.1 Å². The Morgan fingerprint density at radius 1 is 0.850 bits per heavy atom. The van der Waals surface area contributed by atoms with Gasteiger partial charge in [-0.15, -0.1) is 0 Å². The zero-order valence-electron chi connectivity index (χ0n) is 11.7. The molecule has 0 fully saturated rings. The summed E-state index contributed by atoms with van der Waals surface area (Å²) in [6, 6.07) is 15.2.